The van der Waals surface area contributed by atoms with E-state index in [9.17, 15) is 9.59 Å². The first kappa shape index (κ1) is 18.7. The average molecular weight is 377 g/mol. The lowest BCUT2D eigenvalue weighted by molar-refractivity contribution is -0.121. The van der Waals surface area contributed by atoms with Crippen molar-refractivity contribution in [3.05, 3.63) is 64.7 Å². The molecule has 1 heterocycles. The molecule has 2 amide bonds. The van der Waals surface area contributed by atoms with Gasteiger partial charge in [-0.2, -0.15) is 0 Å². The molecule has 1 N–H and O–H groups in total. The van der Waals surface area contributed by atoms with Crippen LogP contribution in [-0.2, 0) is 17.6 Å². The van der Waals surface area contributed by atoms with Gasteiger partial charge < -0.3 is 10.2 Å². The summed E-state index contributed by atoms with van der Waals surface area (Å²) in [6, 6.07) is 14.0. The molecule has 4 rings (SSSR count). The Hall–Kier alpha value is -2.62. The summed E-state index contributed by atoms with van der Waals surface area (Å²) in [4.78, 5) is 27.5. The Morgan fingerprint density at radius 3 is 2.50 bits per heavy atom. The standard InChI is InChI=1S/C24H28N2O2/c1-17-7-2-4-10-20(17)24(28)26-15-13-19(14-16-26)23(27)25-22-12-6-9-18-8-3-5-11-21(18)22/h2,4,6-7,9-10,12,19H,3,5,8,11,13-16H2,1H3,(H,25,27). The van der Waals surface area contributed by atoms with Gasteiger partial charge in [-0.3, -0.25) is 9.59 Å². The zero-order valence-corrected chi connectivity index (χ0v) is 16.5. The van der Waals surface area contributed by atoms with Gasteiger partial charge in [-0.15, -0.1) is 0 Å². The maximum absolute atomic E-state index is 12.8. The molecule has 1 aliphatic heterocycles. The number of hydrogen-bond donors (Lipinski definition) is 1. The van der Waals surface area contributed by atoms with E-state index in [-0.39, 0.29) is 17.7 Å². The third-order valence-corrected chi connectivity index (χ3v) is 6.18. The lowest BCUT2D eigenvalue weighted by Crippen LogP contribution is -2.41. The number of hydrogen-bond acceptors (Lipinski definition) is 2. The van der Waals surface area contributed by atoms with E-state index < -0.39 is 0 Å². The summed E-state index contributed by atoms with van der Waals surface area (Å²) in [5.74, 6) is 0.149. The summed E-state index contributed by atoms with van der Waals surface area (Å²) >= 11 is 0. The zero-order chi connectivity index (χ0) is 19.5. The quantitative estimate of drug-likeness (QED) is 0.865. The van der Waals surface area contributed by atoms with Gasteiger partial charge in [0.15, 0.2) is 0 Å². The molecule has 4 heteroatoms. The summed E-state index contributed by atoms with van der Waals surface area (Å²) in [5, 5.41) is 3.18. The normalized spacial score (nSPS) is 17.1. The van der Waals surface area contributed by atoms with Gasteiger partial charge in [0.05, 0.1) is 0 Å². The smallest absolute Gasteiger partial charge is 0.254 e. The predicted octanol–water partition coefficient (Wildman–Crippen LogP) is 4.36. The fourth-order valence-corrected chi connectivity index (χ4v) is 4.46. The molecule has 2 aliphatic rings. The molecular formula is C24H28N2O2. The highest BCUT2D eigenvalue weighted by molar-refractivity contribution is 5.96. The molecule has 0 bridgehead atoms. The number of nitrogens with one attached hydrogen (secondary N) is 1. The van der Waals surface area contributed by atoms with E-state index in [0.717, 1.165) is 42.5 Å². The number of amides is 2. The second-order valence-corrected chi connectivity index (χ2v) is 8.02. The van der Waals surface area contributed by atoms with Gasteiger partial charge in [0.2, 0.25) is 5.91 Å². The predicted molar refractivity (Wildman–Crippen MR) is 112 cm³/mol. The van der Waals surface area contributed by atoms with Crippen molar-refractivity contribution in [1.29, 1.82) is 0 Å². The summed E-state index contributed by atoms with van der Waals surface area (Å²) < 4.78 is 0. The number of carbonyl (C=O) groups excluding carboxylic acids is 2. The van der Waals surface area contributed by atoms with Gasteiger partial charge in [-0.25, -0.2) is 0 Å². The largest absolute Gasteiger partial charge is 0.339 e. The number of rotatable bonds is 3. The van der Waals surface area contributed by atoms with E-state index in [4.69, 9.17) is 0 Å². The Morgan fingerprint density at radius 2 is 1.71 bits per heavy atom. The SMILES string of the molecule is Cc1ccccc1C(=O)N1CCC(C(=O)Nc2cccc3c2CCCC3)CC1. The van der Waals surface area contributed by atoms with Crippen molar-refractivity contribution in [3.63, 3.8) is 0 Å². The fourth-order valence-electron chi connectivity index (χ4n) is 4.46. The van der Waals surface area contributed by atoms with Gasteiger partial charge in [-0.05, 0) is 74.3 Å². The number of nitrogens with zero attached hydrogens (tertiary/aromatic N) is 1. The molecule has 1 aliphatic carbocycles. The van der Waals surface area contributed by atoms with Crippen LogP contribution in [0.3, 0.4) is 0 Å². The molecule has 0 atom stereocenters. The van der Waals surface area contributed by atoms with E-state index in [0.29, 0.717) is 13.1 Å². The number of fused-ring (bicyclic) bond motifs is 1. The monoisotopic (exact) mass is 376 g/mol. The van der Waals surface area contributed by atoms with Crippen LogP contribution in [0.25, 0.3) is 0 Å². The minimum Gasteiger partial charge on any atom is -0.339 e. The lowest BCUT2D eigenvalue weighted by Gasteiger charge is -2.32. The van der Waals surface area contributed by atoms with Gasteiger partial charge >= 0.3 is 0 Å². The van der Waals surface area contributed by atoms with Crippen LogP contribution in [-0.4, -0.2) is 29.8 Å². The van der Waals surface area contributed by atoms with Crippen LogP contribution < -0.4 is 5.32 Å². The Bertz CT molecular complexity index is 882. The fraction of sp³-hybridized carbons (Fsp3) is 0.417. The Kier molecular flexibility index (Phi) is 5.47. The van der Waals surface area contributed by atoms with Crippen molar-refractivity contribution in [2.24, 2.45) is 5.92 Å². The molecule has 28 heavy (non-hydrogen) atoms. The third kappa shape index (κ3) is 3.82. The molecule has 1 fully saturated rings. The molecule has 0 spiro atoms. The first-order valence-corrected chi connectivity index (χ1v) is 10.4. The zero-order valence-electron chi connectivity index (χ0n) is 16.5. The minimum atomic E-state index is -0.0274. The number of carbonyl (C=O) groups is 2. The number of anilines is 1. The third-order valence-electron chi connectivity index (χ3n) is 6.18. The van der Waals surface area contributed by atoms with Crippen molar-refractivity contribution in [2.75, 3.05) is 18.4 Å². The highest BCUT2D eigenvalue weighted by Gasteiger charge is 2.28. The van der Waals surface area contributed by atoms with Crippen molar-refractivity contribution >= 4 is 17.5 Å². The van der Waals surface area contributed by atoms with Gasteiger partial charge in [-0.1, -0.05) is 30.3 Å². The Balaban J connectivity index is 1.37. The van der Waals surface area contributed by atoms with Crippen LogP contribution >= 0.6 is 0 Å². The lowest BCUT2D eigenvalue weighted by atomic mass is 9.90. The maximum atomic E-state index is 12.8. The number of likely N-dealkylation sites (tertiary alicyclic amines) is 1. The summed E-state index contributed by atoms with van der Waals surface area (Å²) in [7, 11) is 0. The highest BCUT2D eigenvalue weighted by Crippen LogP contribution is 2.29. The van der Waals surface area contributed by atoms with Crippen LogP contribution in [0, 0.1) is 12.8 Å². The molecule has 146 valence electrons. The van der Waals surface area contributed by atoms with E-state index in [2.05, 4.69) is 11.4 Å². The maximum Gasteiger partial charge on any atom is 0.254 e. The topological polar surface area (TPSA) is 49.4 Å². The molecule has 1 saturated heterocycles. The number of piperidine rings is 1. The van der Waals surface area contributed by atoms with Crippen LogP contribution in [0.15, 0.2) is 42.5 Å². The number of aryl methyl sites for hydroxylation is 2. The van der Waals surface area contributed by atoms with Crippen molar-refractivity contribution in [3.8, 4) is 0 Å². The van der Waals surface area contributed by atoms with Crippen molar-refractivity contribution in [1.82, 2.24) is 4.90 Å². The van der Waals surface area contributed by atoms with Crippen molar-refractivity contribution < 1.29 is 9.59 Å². The summed E-state index contributed by atoms with van der Waals surface area (Å²) in [6.07, 6.45) is 6.03. The van der Waals surface area contributed by atoms with Crippen molar-refractivity contribution in [2.45, 2.75) is 45.4 Å². The second kappa shape index (κ2) is 8.17. The van der Waals surface area contributed by atoms with Crippen LogP contribution in [0.4, 0.5) is 5.69 Å². The van der Waals surface area contributed by atoms with E-state index in [1.165, 1.54) is 24.0 Å². The van der Waals surface area contributed by atoms with Crippen LogP contribution in [0.2, 0.25) is 0 Å². The summed E-state index contributed by atoms with van der Waals surface area (Å²) in [6.45, 7) is 3.24. The Labute approximate surface area is 166 Å². The molecule has 2 aromatic carbocycles. The molecule has 0 aromatic heterocycles. The van der Waals surface area contributed by atoms with Gasteiger partial charge in [0.1, 0.15) is 0 Å². The molecule has 0 saturated carbocycles. The molecule has 0 radical (unpaired) electrons. The number of benzene rings is 2. The van der Waals surface area contributed by atoms with E-state index in [1.807, 2.05) is 48.2 Å². The van der Waals surface area contributed by atoms with E-state index >= 15 is 0 Å². The first-order valence-electron chi connectivity index (χ1n) is 10.4. The van der Waals surface area contributed by atoms with Gasteiger partial charge in [0, 0.05) is 30.3 Å². The molecule has 4 nitrogen and oxygen atoms in total. The Morgan fingerprint density at radius 1 is 0.964 bits per heavy atom. The summed E-state index contributed by atoms with van der Waals surface area (Å²) in [5.41, 5.74) is 5.44. The van der Waals surface area contributed by atoms with Crippen LogP contribution in [0.1, 0.15) is 52.7 Å². The van der Waals surface area contributed by atoms with E-state index in [1.54, 1.807) is 0 Å². The molecule has 0 unspecified atom stereocenters. The molecule has 2 aromatic rings. The highest BCUT2D eigenvalue weighted by atomic mass is 16.2. The minimum absolute atomic E-state index is 0.0274. The van der Waals surface area contributed by atoms with Crippen LogP contribution in [0.5, 0.6) is 0 Å². The first-order chi connectivity index (χ1) is 13.6. The molecular weight excluding hydrogens is 348 g/mol. The van der Waals surface area contributed by atoms with Gasteiger partial charge in [0.25, 0.3) is 5.91 Å². The average Bonchev–Trinajstić information content (AvgIpc) is 2.74. The second-order valence-electron chi connectivity index (χ2n) is 8.02.